The van der Waals surface area contributed by atoms with Crippen molar-refractivity contribution in [1.82, 2.24) is 15.6 Å². The van der Waals surface area contributed by atoms with Gasteiger partial charge in [0, 0.05) is 25.6 Å². The number of rotatable bonds is 5. The molecule has 1 aromatic rings. The second-order valence-corrected chi connectivity index (χ2v) is 6.70. The number of nitrogens with one attached hydrogen (secondary N) is 2. The third-order valence-electron chi connectivity index (χ3n) is 3.19. The maximum absolute atomic E-state index is 5.53. The smallest absolute Gasteiger partial charge is 0.191 e. The van der Waals surface area contributed by atoms with E-state index in [1.165, 1.54) is 4.88 Å². The third kappa shape index (κ3) is 6.92. The molecule has 1 heterocycles. The summed E-state index contributed by atoms with van der Waals surface area (Å²) in [5.74, 6) is 0.782. The number of ether oxygens (including phenoxy) is 1. The Kier molecular flexibility index (Phi) is 9.39. The highest BCUT2D eigenvalue weighted by Crippen LogP contribution is 2.20. The van der Waals surface area contributed by atoms with E-state index >= 15 is 0 Å². The maximum Gasteiger partial charge on any atom is 0.191 e. The molecule has 2 N–H and O–H groups in total. The van der Waals surface area contributed by atoms with Crippen molar-refractivity contribution in [3.8, 4) is 0 Å². The summed E-state index contributed by atoms with van der Waals surface area (Å²) in [5.41, 5.74) is 3.03. The summed E-state index contributed by atoms with van der Waals surface area (Å²) in [5, 5.41) is 6.60. The van der Waals surface area contributed by atoms with E-state index in [-0.39, 0.29) is 35.5 Å². The highest BCUT2D eigenvalue weighted by molar-refractivity contribution is 14.0. The quantitative estimate of drug-likeness (QED) is 0.432. The van der Waals surface area contributed by atoms with E-state index in [0.29, 0.717) is 0 Å². The first-order valence-corrected chi connectivity index (χ1v) is 7.62. The lowest BCUT2D eigenvalue weighted by Crippen LogP contribution is -2.45. The van der Waals surface area contributed by atoms with Gasteiger partial charge in [0.25, 0.3) is 0 Å². The second-order valence-electron chi connectivity index (χ2n) is 5.76. The van der Waals surface area contributed by atoms with Crippen LogP contribution in [0.25, 0.3) is 0 Å². The lowest BCUT2D eigenvalue weighted by atomic mass is 9.89. The van der Waals surface area contributed by atoms with Gasteiger partial charge in [-0.25, -0.2) is 4.98 Å². The largest absolute Gasteiger partial charge is 0.379 e. The minimum Gasteiger partial charge on any atom is -0.379 e. The van der Waals surface area contributed by atoms with Crippen molar-refractivity contribution in [1.29, 1.82) is 0 Å². The van der Waals surface area contributed by atoms with Crippen LogP contribution in [0.1, 0.15) is 31.3 Å². The number of aryl methyl sites for hydroxylation is 1. The van der Waals surface area contributed by atoms with E-state index < -0.39 is 0 Å². The van der Waals surface area contributed by atoms with Gasteiger partial charge in [-0.1, -0.05) is 20.8 Å². The van der Waals surface area contributed by atoms with Crippen molar-refractivity contribution in [2.75, 3.05) is 20.7 Å². The minimum atomic E-state index is 0. The molecule has 1 unspecified atom stereocenters. The molecule has 0 aromatic carbocycles. The van der Waals surface area contributed by atoms with Crippen LogP contribution in [0.2, 0.25) is 0 Å². The van der Waals surface area contributed by atoms with Crippen LogP contribution >= 0.6 is 35.3 Å². The molecule has 0 aliphatic rings. The molecule has 0 spiro atoms. The number of hydrogen-bond acceptors (Lipinski definition) is 4. The molecule has 0 radical (unpaired) electrons. The zero-order valence-electron chi connectivity index (χ0n) is 13.7. The first-order valence-electron chi connectivity index (χ1n) is 6.74. The number of halogens is 1. The van der Waals surface area contributed by atoms with Gasteiger partial charge in [0.2, 0.25) is 0 Å². The van der Waals surface area contributed by atoms with Crippen molar-refractivity contribution in [2.24, 2.45) is 10.4 Å². The monoisotopic (exact) mass is 426 g/mol. The first-order chi connectivity index (χ1) is 9.38. The molecule has 1 aromatic heterocycles. The zero-order chi connectivity index (χ0) is 15.2. The molecular weight excluding hydrogens is 399 g/mol. The predicted octanol–water partition coefficient (Wildman–Crippen LogP) is 2.80. The molecular formula is C14H27IN4OS. The highest BCUT2D eigenvalue weighted by Gasteiger charge is 2.24. The Morgan fingerprint density at radius 3 is 2.52 bits per heavy atom. The summed E-state index contributed by atoms with van der Waals surface area (Å²) in [7, 11) is 3.52. The standard InChI is InChI=1S/C14H26N4OS.HI/c1-10-11(20-9-18-10)7-16-13(15-5)17-8-12(19-6)14(2,3)4;/h9,12H,7-8H2,1-6H3,(H2,15,16,17);1H. The number of guanidine groups is 1. The van der Waals surface area contributed by atoms with Gasteiger partial charge in [-0.3, -0.25) is 4.99 Å². The van der Waals surface area contributed by atoms with E-state index in [4.69, 9.17) is 4.74 Å². The molecule has 0 bridgehead atoms. The van der Waals surface area contributed by atoms with Crippen LogP contribution in [-0.2, 0) is 11.3 Å². The van der Waals surface area contributed by atoms with Gasteiger partial charge in [-0.2, -0.15) is 0 Å². The Morgan fingerprint density at radius 1 is 1.43 bits per heavy atom. The topological polar surface area (TPSA) is 58.5 Å². The Hall–Kier alpha value is -0.410. The fraction of sp³-hybridized carbons (Fsp3) is 0.714. The summed E-state index contributed by atoms with van der Waals surface area (Å²) in [6, 6.07) is 0. The van der Waals surface area contributed by atoms with E-state index in [1.807, 2.05) is 12.4 Å². The van der Waals surface area contributed by atoms with Gasteiger partial charge in [0.05, 0.1) is 23.9 Å². The van der Waals surface area contributed by atoms with Gasteiger partial charge in [0.15, 0.2) is 5.96 Å². The number of aliphatic imine (C=N–C) groups is 1. The average molecular weight is 426 g/mol. The molecule has 5 nitrogen and oxygen atoms in total. The van der Waals surface area contributed by atoms with Crippen LogP contribution in [-0.4, -0.2) is 37.7 Å². The van der Waals surface area contributed by atoms with Crippen LogP contribution in [0, 0.1) is 12.3 Å². The minimum absolute atomic E-state index is 0. The number of nitrogens with zero attached hydrogens (tertiary/aromatic N) is 2. The van der Waals surface area contributed by atoms with Crippen LogP contribution in [0.4, 0.5) is 0 Å². The van der Waals surface area contributed by atoms with Crippen molar-refractivity contribution in [3.05, 3.63) is 16.1 Å². The summed E-state index contributed by atoms with van der Waals surface area (Å²) >= 11 is 1.65. The number of aromatic nitrogens is 1. The molecule has 21 heavy (non-hydrogen) atoms. The molecule has 7 heteroatoms. The summed E-state index contributed by atoms with van der Waals surface area (Å²) < 4.78 is 5.53. The van der Waals surface area contributed by atoms with E-state index in [9.17, 15) is 0 Å². The molecule has 1 atom stereocenters. The molecule has 0 amide bonds. The molecule has 1 rings (SSSR count). The summed E-state index contributed by atoms with van der Waals surface area (Å²) in [6.45, 7) is 9.98. The lowest BCUT2D eigenvalue weighted by Gasteiger charge is -2.30. The van der Waals surface area contributed by atoms with Crippen molar-refractivity contribution >= 4 is 41.3 Å². The molecule has 122 valence electrons. The Morgan fingerprint density at radius 2 is 2.10 bits per heavy atom. The summed E-state index contributed by atoms with van der Waals surface area (Å²) in [6.07, 6.45) is 0.131. The van der Waals surface area contributed by atoms with E-state index in [1.54, 1.807) is 25.5 Å². The molecule has 0 aliphatic carbocycles. The van der Waals surface area contributed by atoms with Crippen LogP contribution < -0.4 is 10.6 Å². The summed E-state index contributed by atoms with van der Waals surface area (Å²) in [4.78, 5) is 9.70. The molecule has 0 aliphatic heterocycles. The number of methoxy groups -OCH3 is 1. The van der Waals surface area contributed by atoms with Gasteiger partial charge in [0.1, 0.15) is 0 Å². The van der Waals surface area contributed by atoms with Crippen LogP contribution in [0.5, 0.6) is 0 Å². The van der Waals surface area contributed by atoms with Crippen molar-refractivity contribution in [3.63, 3.8) is 0 Å². The van der Waals surface area contributed by atoms with Gasteiger partial charge in [-0.05, 0) is 12.3 Å². The fourth-order valence-corrected chi connectivity index (χ4v) is 2.53. The average Bonchev–Trinajstić information content (AvgIpc) is 2.78. The Balaban J connectivity index is 0.00000400. The van der Waals surface area contributed by atoms with E-state index in [2.05, 4.69) is 41.4 Å². The van der Waals surface area contributed by atoms with Crippen molar-refractivity contribution in [2.45, 2.75) is 40.3 Å². The predicted molar refractivity (Wildman–Crippen MR) is 101 cm³/mol. The van der Waals surface area contributed by atoms with Gasteiger partial charge in [-0.15, -0.1) is 35.3 Å². The fourth-order valence-electron chi connectivity index (χ4n) is 1.81. The van der Waals surface area contributed by atoms with Gasteiger partial charge < -0.3 is 15.4 Å². The maximum atomic E-state index is 5.53. The molecule has 0 fully saturated rings. The highest BCUT2D eigenvalue weighted by atomic mass is 127. The lowest BCUT2D eigenvalue weighted by molar-refractivity contribution is 0.0205. The van der Waals surface area contributed by atoms with Crippen molar-refractivity contribution < 1.29 is 4.74 Å². The van der Waals surface area contributed by atoms with Crippen LogP contribution in [0.15, 0.2) is 10.5 Å². The molecule has 0 saturated carbocycles. The number of thiazole rings is 1. The SMILES string of the molecule is CN=C(NCc1scnc1C)NCC(OC)C(C)(C)C.I. The second kappa shape index (κ2) is 9.58. The zero-order valence-corrected chi connectivity index (χ0v) is 16.8. The Labute approximate surface area is 149 Å². The Bertz CT molecular complexity index is 442. The van der Waals surface area contributed by atoms with Gasteiger partial charge >= 0.3 is 0 Å². The van der Waals surface area contributed by atoms with Crippen LogP contribution in [0.3, 0.4) is 0 Å². The molecule has 0 saturated heterocycles. The van der Waals surface area contributed by atoms with E-state index in [0.717, 1.165) is 24.7 Å². The number of hydrogen-bond donors (Lipinski definition) is 2. The normalized spacial score (nSPS) is 13.5. The third-order valence-corrected chi connectivity index (χ3v) is 4.13. The first kappa shape index (κ1) is 20.6.